The van der Waals surface area contributed by atoms with Crippen molar-refractivity contribution < 1.29 is 14.3 Å². The van der Waals surface area contributed by atoms with Gasteiger partial charge in [-0.2, -0.15) is 5.26 Å². The summed E-state index contributed by atoms with van der Waals surface area (Å²) in [5.74, 6) is -0.366. The molecule has 0 spiro atoms. The molecule has 0 unspecified atom stereocenters. The number of amides is 1. The molecule has 29 heavy (non-hydrogen) atoms. The molecule has 1 aliphatic heterocycles. The third-order valence-corrected chi connectivity index (χ3v) is 4.37. The van der Waals surface area contributed by atoms with Crippen LogP contribution in [0.2, 0.25) is 0 Å². The normalized spacial score (nSPS) is 13.4. The average molecular weight is 389 g/mol. The summed E-state index contributed by atoms with van der Waals surface area (Å²) in [4.78, 5) is 26.7. The van der Waals surface area contributed by atoms with E-state index in [1.54, 1.807) is 23.1 Å². The molecule has 0 saturated heterocycles. The Bertz CT molecular complexity index is 998. The first-order valence-electron chi connectivity index (χ1n) is 9.38. The minimum atomic E-state index is -0.575. The van der Waals surface area contributed by atoms with Crippen LogP contribution in [-0.4, -0.2) is 24.0 Å². The van der Waals surface area contributed by atoms with Gasteiger partial charge in [0.05, 0.1) is 5.69 Å². The summed E-state index contributed by atoms with van der Waals surface area (Å²) in [6.45, 7) is 5.97. The van der Waals surface area contributed by atoms with Crippen LogP contribution in [-0.2, 0) is 11.2 Å². The van der Waals surface area contributed by atoms with Crippen LogP contribution >= 0.6 is 0 Å². The largest absolute Gasteiger partial charge is 0.443 e. The Morgan fingerprint density at radius 3 is 2.55 bits per heavy atom. The number of rotatable bonds is 4. The van der Waals surface area contributed by atoms with Gasteiger partial charge in [-0.1, -0.05) is 18.2 Å². The lowest BCUT2D eigenvalue weighted by molar-refractivity contribution is 0.0584. The summed E-state index contributed by atoms with van der Waals surface area (Å²) < 4.78 is 5.45. The number of Topliss-reactive ketones (excluding diaryl/α,β-unsaturated/α-hetero) is 1. The molecule has 0 aromatic heterocycles. The third kappa shape index (κ3) is 4.82. The lowest BCUT2D eigenvalue weighted by Gasteiger charge is -2.24. The highest BCUT2D eigenvalue weighted by Crippen LogP contribution is 2.31. The lowest BCUT2D eigenvalue weighted by Crippen LogP contribution is -2.35. The van der Waals surface area contributed by atoms with Gasteiger partial charge in [0.1, 0.15) is 17.2 Å². The molecule has 0 radical (unpaired) electrons. The van der Waals surface area contributed by atoms with Gasteiger partial charge in [-0.05, 0) is 63.1 Å². The van der Waals surface area contributed by atoms with Crippen molar-refractivity contribution in [3.05, 3.63) is 71.4 Å². The lowest BCUT2D eigenvalue weighted by atomic mass is 10.0. The van der Waals surface area contributed by atoms with Gasteiger partial charge in [0, 0.05) is 24.0 Å². The topological polar surface area (TPSA) is 82.4 Å². The number of hydrogen-bond donors (Lipinski definition) is 1. The molecule has 1 N–H and O–H groups in total. The third-order valence-electron chi connectivity index (χ3n) is 4.37. The SMILES string of the molecule is CC(C)(C)OC(=O)N1CCc2cc(C(=O)/C(C#N)=C/Nc3ccccc3)ccc21. The van der Waals surface area contributed by atoms with Crippen molar-refractivity contribution in [2.24, 2.45) is 0 Å². The molecule has 1 heterocycles. The number of hydrogen-bond acceptors (Lipinski definition) is 5. The number of nitrogens with one attached hydrogen (secondary N) is 1. The van der Waals surface area contributed by atoms with E-state index in [1.165, 1.54) is 6.20 Å². The monoisotopic (exact) mass is 389 g/mol. The second-order valence-electron chi connectivity index (χ2n) is 7.73. The molecule has 6 nitrogen and oxygen atoms in total. The summed E-state index contributed by atoms with van der Waals surface area (Å²) in [7, 11) is 0. The molecular weight excluding hydrogens is 366 g/mol. The van der Waals surface area contributed by atoms with Crippen LogP contribution in [0.3, 0.4) is 0 Å². The summed E-state index contributed by atoms with van der Waals surface area (Å²) >= 11 is 0. The number of fused-ring (bicyclic) bond motifs is 1. The quantitative estimate of drug-likeness (QED) is 0.466. The summed E-state index contributed by atoms with van der Waals surface area (Å²) in [5, 5.41) is 12.4. The van der Waals surface area contributed by atoms with Crippen molar-refractivity contribution in [3.63, 3.8) is 0 Å². The summed E-state index contributed by atoms with van der Waals surface area (Å²) in [6.07, 6.45) is 1.64. The zero-order valence-corrected chi connectivity index (χ0v) is 16.7. The highest BCUT2D eigenvalue weighted by atomic mass is 16.6. The van der Waals surface area contributed by atoms with Crippen LogP contribution < -0.4 is 10.2 Å². The molecule has 2 aromatic carbocycles. The second-order valence-corrected chi connectivity index (χ2v) is 7.73. The van der Waals surface area contributed by atoms with Gasteiger partial charge >= 0.3 is 6.09 Å². The zero-order chi connectivity index (χ0) is 21.0. The molecule has 1 aliphatic rings. The Hall–Kier alpha value is -3.59. The van der Waals surface area contributed by atoms with Gasteiger partial charge in [-0.15, -0.1) is 0 Å². The fourth-order valence-electron chi connectivity index (χ4n) is 3.04. The van der Waals surface area contributed by atoms with Crippen molar-refractivity contribution >= 4 is 23.3 Å². The average Bonchev–Trinajstić information content (AvgIpc) is 3.11. The van der Waals surface area contributed by atoms with E-state index in [1.807, 2.05) is 57.2 Å². The maximum Gasteiger partial charge on any atom is 0.414 e. The van der Waals surface area contributed by atoms with E-state index in [-0.39, 0.29) is 11.4 Å². The Morgan fingerprint density at radius 2 is 1.90 bits per heavy atom. The van der Waals surface area contributed by atoms with Crippen LogP contribution in [0, 0.1) is 11.3 Å². The van der Waals surface area contributed by atoms with E-state index in [0.29, 0.717) is 18.5 Å². The van der Waals surface area contributed by atoms with E-state index >= 15 is 0 Å². The van der Waals surface area contributed by atoms with Gasteiger partial charge < -0.3 is 10.1 Å². The fraction of sp³-hybridized carbons (Fsp3) is 0.261. The first-order chi connectivity index (χ1) is 13.8. The maximum atomic E-state index is 12.8. The molecule has 6 heteroatoms. The minimum absolute atomic E-state index is 0.01000. The number of allylic oxidation sites excluding steroid dienone is 1. The number of anilines is 2. The van der Waals surface area contributed by atoms with E-state index in [9.17, 15) is 14.9 Å². The standard InChI is InChI=1S/C23H23N3O3/c1-23(2,3)29-22(28)26-12-11-16-13-17(9-10-20(16)26)21(27)18(14-24)15-25-19-7-5-4-6-8-19/h4-10,13,15,25H,11-12H2,1-3H3/b18-15+. The Labute approximate surface area is 170 Å². The van der Waals surface area contributed by atoms with Crippen molar-refractivity contribution in [3.8, 4) is 6.07 Å². The van der Waals surface area contributed by atoms with Gasteiger partial charge in [0.15, 0.2) is 0 Å². The van der Waals surface area contributed by atoms with Crippen LogP contribution in [0.4, 0.5) is 16.2 Å². The number of benzene rings is 2. The number of ketones is 1. The van der Waals surface area contributed by atoms with E-state index in [0.717, 1.165) is 16.9 Å². The molecular formula is C23H23N3O3. The summed E-state index contributed by atoms with van der Waals surface area (Å²) in [6, 6.07) is 16.4. The highest BCUT2D eigenvalue weighted by Gasteiger charge is 2.29. The maximum absolute atomic E-state index is 12.8. The Morgan fingerprint density at radius 1 is 1.17 bits per heavy atom. The van der Waals surface area contributed by atoms with Crippen LogP contribution in [0.25, 0.3) is 0 Å². The molecule has 2 aromatic rings. The number of nitrogens with zero attached hydrogens (tertiary/aromatic N) is 2. The molecule has 1 amide bonds. The van der Waals surface area contributed by atoms with Gasteiger partial charge in [-0.3, -0.25) is 9.69 Å². The number of para-hydroxylation sites is 1. The first-order valence-corrected chi connectivity index (χ1v) is 9.38. The van der Waals surface area contributed by atoms with Gasteiger partial charge in [0.25, 0.3) is 0 Å². The van der Waals surface area contributed by atoms with E-state index in [2.05, 4.69) is 5.32 Å². The molecule has 0 saturated carbocycles. The number of carbonyl (C=O) groups is 2. The van der Waals surface area contributed by atoms with Crippen molar-refractivity contribution in [1.82, 2.24) is 0 Å². The second kappa shape index (κ2) is 8.19. The number of nitriles is 1. The van der Waals surface area contributed by atoms with Gasteiger partial charge in [0.2, 0.25) is 5.78 Å². The molecule has 148 valence electrons. The van der Waals surface area contributed by atoms with E-state index < -0.39 is 11.7 Å². The van der Waals surface area contributed by atoms with Crippen molar-refractivity contribution in [1.29, 1.82) is 5.26 Å². The first kappa shape index (κ1) is 20.2. The minimum Gasteiger partial charge on any atom is -0.443 e. The van der Waals surface area contributed by atoms with E-state index in [4.69, 9.17) is 4.74 Å². The van der Waals surface area contributed by atoms with Crippen LogP contribution in [0.1, 0.15) is 36.7 Å². The molecule has 3 rings (SSSR count). The Kier molecular flexibility index (Phi) is 5.69. The fourth-order valence-corrected chi connectivity index (χ4v) is 3.04. The smallest absolute Gasteiger partial charge is 0.414 e. The molecule has 0 aliphatic carbocycles. The van der Waals surface area contributed by atoms with Gasteiger partial charge in [-0.25, -0.2) is 4.79 Å². The van der Waals surface area contributed by atoms with Crippen LogP contribution in [0.15, 0.2) is 60.3 Å². The molecule has 0 atom stereocenters. The van der Waals surface area contributed by atoms with Crippen molar-refractivity contribution in [2.75, 3.05) is 16.8 Å². The highest BCUT2D eigenvalue weighted by molar-refractivity contribution is 6.12. The predicted molar refractivity (Wildman–Crippen MR) is 112 cm³/mol. The Balaban J connectivity index is 1.78. The number of carbonyl (C=O) groups excluding carboxylic acids is 2. The summed E-state index contributed by atoms with van der Waals surface area (Å²) in [5.41, 5.74) is 2.26. The molecule has 0 bridgehead atoms. The zero-order valence-electron chi connectivity index (χ0n) is 16.7. The van der Waals surface area contributed by atoms with Crippen molar-refractivity contribution in [2.45, 2.75) is 32.8 Å². The predicted octanol–water partition coefficient (Wildman–Crippen LogP) is 4.69. The number of ether oxygens (including phenoxy) is 1. The van der Waals surface area contributed by atoms with Crippen LogP contribution in [0.5, 0.6) is 0 Å². The molecule has 0 fully saturated rings.